The predicted octanol–water partition coefficient (Wildman–Crippen LogP) is 6.00. The Morgan fingerprint density at radius 3 is 1.11 bits per heavy atom. The molecule has 0 bridgehead atoms. The lowest BCUT2D eigenvalue weighted by Gasteiger charge is -2.10. The van der Waals surface area contributed by atoms with Crippen LogP contribution in [0.1, 0.15) is 20.7 Å². The molecule has 0 saturated carbocycles. The van der Waals surface area contributed by atoms with Gasteiger partial charge in [-0.1, -0.05) is 0 Å². The number of hydrogen-bond acceptors (Lipinski definition) is 5. The molecule has 35 heavy (non-hydrogen) atoms. The quantitative estimate of drug-likeness (QED) is 0.331. The van der Waals surface area contributed by atoms with Gasteiger partial charge in [0.1, 0.15) is 23.0 Å². The summed E-state index contributed by atoms with van der Waals surface area (Å²) in [6.07, 6.45) is 0. The molecule has 0 aliphatic carbocycles. The fourth-order valence-electron chi connectivity index (χ4n) is 3.24. The monoisotopic (exact) mass is 468 g/mol. The normalized spacial score (nSPS) is 10.2. The van der Waals surface area contributed by atoms with Gasteiger partial charge in [-0.3, -0.25) is 9.59 Å². The van der Waals surface area contributed by atoms with E-state index >= 15 is 0 Å². The maximum absolute atomic E-state index is 12.4. The van der Waals surface area contributed by atoms with Crippen LogP contribution in [-0.4, -0.2) is 26.0 Å². The molecule has 0 spiro atoms. The molecule has 176 valence electrons. The van der Waals surface area contributed by atoms with Crippen molar-refractivity contribution < 1.29 is 23.8 Å². The number of carbonyl (C=O) groups is 2. The molecule has 0 saturated heterocycles. The molecule has 7 heteroatoms. The molecule has 0 radical (unpaired) electrons. The average molecular weight is 469 g/mol. The number of rotatable bonds is 8. The van der Waals surface area contributed by atoms with Crippen LogP contribution in [-0.2, 0) is 0 Å². The van der Waals surface area contributed by atoms with Crippen molar-refractivity contribution in [3.8, 4) is 23.0 Å². The predicted molar refractivity (Wildman–Crippen MR) is 135 cm³/mol. The van der Waals surface area contributed by atoms with Crippen molar-refractivity contribution >= 4 is 23.2 Å². The molecule has 4 aromatic rings. The van der Waals surface area contributed by atoms with E-state index < -0.39 is 0 Å². The number of nitrogens with one attached hydrogen (secondary N) is 2. The fourth-order valence-corrected chi connectivity index (χ4v) is 3.24. The molecule has 0 aliphatic rings. The minimum Gasteiger partial charge on any atom is -0.497 e. The van der Waals surface area contributed by atoms with Crippen LogP contribution in [0, 0.1) is 0 Å². The highest BCUT2D eigenvalue weighted by atomic mass is 16.5. The van der Waals surface area contributed by atoms with E-state index in [1.807, 2.05) is 0 Å². The molecule has 2 amide bonds. The number of benzene rings is 4. The third kappa shape index (κ3) is 6.17. The van der Waals surface area contributed by atoms with E-state index in [9.17, 15) is 9.59 Å². The Kier molecular flexibility index (Phi) is 7.28. The summed E-state index contributed by atoms with van der Waals surface area (Å²) >= 11 is 0. The van der Waals surface area contributed by atoms with E-state index in [-0.39, 0.29) is 11.8 Å². The highest BCUT2D eigenvalue weighted by Crippen LogP contribution is 2.25. The van der Waals surface area contributed by atoms with E-state index in [4.69, 9.17) is 14.2 Å². The minimum absolute atomic E-state index is 0.214. The van der Waals surface area contributed by atoms with Crippen LogP contribution < -0.4 is 24.8 Å². The first kappa shape index (κ1) is 23.4. The van der Waals surface area contributed by atoms with E-state index in [0.717, 1.165) is 0 Å². The molecule has 0 fully saturated rings. The Morgan fingerprint density at radius 1 is 0.486 bits per heavy atom. The second kappa shape index (κ2) is 10.9. The third-order valence-corrected chi connectivity index (χ3v) is 5.16. The van der Waals surface area contributed by atoms with Crippen LogP contribution in [0.2, 0.25) is 0 Å². The fraction of sp³-hybridized carbons (Fsp3) is 0.0714. The van der Waals surface area contributed by atoms with Gasteiger partial charge in [0.25, 0.3) is 11.8 Å². The van der Waals surface area contributed by atoms with Crippen LogP contribution in [0.15, 0.2) is 97.1 Å². The van der Waals surface area contributed by atoms with Crippen molar-refractivity contribution in [2.45, 2.75) is 0 Å². The molecular weight excluding hydrogens is 444 g/mol. The highest BCUT2D eigenvalue weighted by molar-refractivity contribution is 6.05. The van der Waals surface area contributed by atoms with Crippen molar-refractivity contribution in [3.05, 3.63) is 108 Å². The summed E-state index contributed by atoms with van der Waals surface area (Å²) in [6, 6.07) is 27.9. The van der Waals surface area contributed by atoms with E-state index in [1.165, 1.54) is 0 Å². The lowest BCUT2D eigenvalue weighted by Crippen LogP contribution is -2.11. The number of hydrogen-bond donors (Lipinski definition) is 2. The van der Waals surface area contributed by atoms with E-state index in [0.29, 0.717) is 45.5 Å². The van der Waals surface area contributed by atoms with Crippen LogP contribution in [0.25, 0.3) is 0 Å². The van der Waals surface area contributed by atoms with Gasteiger partial charge in [0.05, 0.1) is 14.2 Å². The summed E-state index contributed by atoms with van der Waals surface area (Å²) in [6.45, 7) is 0. The Bertz CT molecular complexity index is 1180. The zero-order valence-corrected chi connectivity index (χ0v) is 19.3. The van der Waals surface area contributed by atoms with Crippen molar-refractivity contribution in [1.82, 2.24) is 0 Å². The summed E-state index contributed by atoms with van der Waals surface area (Å²) in [7, 11) is 3.16. The lowest BCUT2D eigenvalue weighted by molar-refractivity contribution is 0.101. The standard InChI is InChI=1S/C28H24N2O5/c1-33-23-11-3-19(4-12-23)27(31)29-21-7-15-25(16-8-21)35-26-17-9-22(10-18-26)30-28(32)20-5-13-24(34-2)14-6-20/h3-18H,1-2H3,(H,29,31)(H,30,32). The maximum Gasteiger partial charge on any atom is 0.255 e. The summed E-state index contributed by atoms with van der Waals surface area (Å²) in [5, 5.41) is 5.70. The van der Waals surface area contributed by atoms with Crippen molar-refractivity contribution in [3.63, 3.8) is 0 Å². The van der Waals surface area contributed by atoms with Crippen LogP contribution in [0.4, 0.5) is 11.4 Å². The van der Waals surface area contributed by atoms with Crippen LogP contribution >= 0.6 is 0 Å². The second-order valence-electron chi connectivity index (χ2n) is 7.52. The number of anilines is 2. The summed E-state index contributed by atoms with van der Waals surface area (Å²) in [4.78, 5) is 24.8. The zero-order chi connectivity index (χ0) is 24.6. The lowest BCUT2D eigenvalue weighted by atomic mass is 10.2. The Balaban J connectivity index is 1.31. The van der Waals surface area contributed by atoms with Gasteiger partial charge in [-0.05, 0) is 97.1 Å². The number of carbonyl (C=O) groups excluding carboxylic acids is 2. The molecule has 0 aliphatic heterocycles. The van der Waals surface area contributed by atoms with E-state index in [2.05, 4.69) is 10.6 Å². The second-order valence-corrected chi connectivity index (χ2v) is 7.52. The van der Waals surface area contributed by atoms with Gasteiger partial charge < -0.3 is 24.8 Å². The SMILES string of the molecule is COc1ccc(C(=O)Nc2ccc(Oc3ccc(NC(=O)c4ccc(OC)cc4)cc3)cc2)cc1. The van der Waals surface area contributed by atoms with Gasteiger partial charge >= 0.3 is 0 Å². The van der Waals surface area contributed by atoms with Gasteiger partial charge in [-0.25, -0.2) is 0 Å². The number of amides is 2. The first-order valence-corrected chi connectivity index (χ1v) is 10.8. The Labute approximate surface area is 203 Å². The minimum atomic E-state index is -0.214. The van der Waals surface area contributed by atoms with E-state index in [1.54, 1.807) is 111 Å². The number of methoxy groups -OCH3 is 2. The molecular formula is C28H24N2O5. The van der Waals surface area contributed by atoms with Crippen molar-refractivity contribution in [2.75, 3.05) is 24.9 Å². The van der Waals surface area contributed by atoms with Gasteiger partial charge in [0, 0.05) is 22.5 Å². The largest absolute Gasteiger partial charge is 0.497 e. The molecule has 4 aromatic carbocycles. The first-order chi connectivity index (χ1) is 17.0. The molecule has 0 heterocycles. The van der Waals surface area contributed by atoms with Gasteiger partial charge in [0.2, 0.25) is 0 Å². The third-order valence-electron chi connectivity index (χ3n) is 5.16. The summed E-state index contributed by atoms with van der Waals surface area (Å²) in [5.74, 6) is 2.18. The zero-order valence-electron chi connectivity index (χ0n) is 19.3. The highest BCUT2D eigenvalue weighted by Gasteiger charge is 2.08. The Morgan fingerprint density at radius 2 is 0.800 bits per heavy atom. The summed E-state index contributed by atoms with van der Waals surface area (Å²) < 4.78 is 16.1. The van der Waals surface area contributed by atoms with Crippen molar-refractivity contribution in [1.29, 1.82) is 0 Å². The molecule has 2 N–H and O–H groups in total. The van der Waals surface area contributed by atoms with Crippen molar-refractivity contribution in [2.24, 2.45) is 0 Å². The molecule has 7 nitrogen and oxygen atoms in total. The molecule has 0 aromatic heterocycles. The number of ether oxygens (including phenoxy) is 3. The molecule has 0 unspecified atom stereocenters. The topological polar surface area (TPSA) is 85.9 Å². The Hall–Kier alpha value is -4.78. The van der Waals surface area contributed by atoms with Gasteiger partial charge in [-0.15, -0.1) is 0 Å². The molecule has 0 atom stereocenters. The van der Waals surface area contributed by atoms with Crippen LogP contribution in [0.3, 0.4) is 0 Å². The smallest absolute Gasteiger partial charge is 0.255 e. The average Bonchev–Trinajstić information content (AvgIpc) is 2.91. The van der Waals surface area contributed by atoms with Gasteiger partial charge in [0.15, 0.2) is 0 Å². The summed E-state index contributed by atoms with van der Waals surface area (Å²) in [5.41, 5.74) is 2.36. The maximum atomic E-state index is 12.4. The van der Waals surface area contributed by atoms with Gasteiger partial charge in [-0.2, -0.15) is 0 Å². The first-order valence-electron chi connectivity index (χ1n) is 10.8. The van der Waals surface area contributed by atoms with Crippen LogP contribution in [0.5, 0.6) is 23.0 Å². The molecule has 4 rings (SSSR count).